The van der Waals surface area contributed by atoms with Crippen molar-refractivity contribution in [2.24, 2.45) is 0 Å². The van der Waals surface area contributed by atoms with Gasteiger partial charge in [-0.25, -0.2) is 9.59 Å². The Hall–Kier alpha value is -3.82. The van der Waals surface area contributed by atoms with Crippen molar-refractivity contribution >= 4 is 11.9 Å². The number of hydrogen-bond donors (Lipinski definition) is 0. The lowest BCUT2D eigenvalue weighted by molar-refractivity contribution is -0.313. The van der Waals surface area contributed by atoms with Gasteiger partial charge in [-0.1, -0.05) is 51.3 Å². The van der Waals surface area contributed by atoms with Crippen molar-refractivity contribution in [3.05, 3.63) is 84.0 Å². The highest BCUT2D eigenvalue weighted by Crippen LogP contribution is 2.34. The Morgan fingerprint density at radius 2 is 0.685 bits per heavy atom. The second-order valence-corrected chi connectivity index (χ2v) is 13.3. The molecule has 0 radical (unpaired) electrons. The first kappa shape index (κ1) is 46.3. The summed E-state index contributed by atoms with van der Waals surface area (Å²) in [5.74, 6) is 0.187. The summed E-state index contributed by atoms with van der Waals surface area (Å²) in [5, 5.41) is 0. The van der Waals surface area contributed by atoms with Crippen LogP contribution in [0, 0.1) is 0 Å². The third kappa shape index (κ3) is 16.7. The topological polar surface area (TPSA) is 136 Å². The van der Waals surface area contributed by atoms with Crippen molar-refractivity contribution in [2.45, 2.75) is 152 Å². The highest BCUT2D eigenvalue weighted by atomic mass is 16.8. The molecule has 0 heterocycles. The molecular formula is C41H60O13. The van der Waals surface area contributed by atoms with Crippen molar-refractivity contribution in [1.29, 1.82) is 0 Å². The second-order valence-electron chi connectivity index (χ2n) is 13.3. The van der Waals surface area contributed by atoms with E-state index < -0.39 is 68.5 Å². The van der Waals surface area contributed by atoms with Crippen molar-refractivity contribution in [3.8, 4) is 11.5 Å². The first-order valence-corrected chi connectivity index (χ1v) is 18.0. The molecule has 0 aliphatic heterocycles. The van der Waals surface area contributed by atoms with Crippen LogP contribution < -0.4 is 9.47 Å². The SMILES string of the molecule is C=C(C)C(=O)OC(C)OC(C)OC(C)OC(C)Oc1ccc(C(C)(C)c2ccc(OC(C)OC(C)OC(C)OC(C)OC(C)OC(=O)C(=C)C)cc2)cc1. The monoisotopic (exact) mass is 760 g/mol. The molecule has 0 saturated carbocycles. The highest BCUT2D eigenvalue weighted by molar-refractivity contribution is 5.87. The highest BCUT2D eigenvalue weighted by Gasteiger charge is 2.25. The molecule has 0 fully saturated rings. The molecule has 302 valence electrons. The van der Waals surface area contributed by atoms with Gasteiger partial charge in [-0.15, -0.1) is 0 Å². The Morgan fingerprint density at radius 1 is 0.444 bits per heavy atom. The quantitative estimate of drug-likeness (QED) is 0.0578. The number of carbonyl (C=O) groups excluding carboxylic acids is 2. The minimum atomic E-state index is -0.821. The molecule has 0 spiro atoms. The predicted octanol–water partition coefficient (Wildman–Crippen LogP) is 8.24. The van der Waals surface area contributed by atoms with Crippen LogP contribution in [-0.4, -0.2) is 68.5 Å². The number of carbonyl (C=O) groups is 2. The van der Waals surface area contributed by atoms with Crippen LogP contribution in [-0.2, 0) is 57.6 Å². The lowest BCUT2D eigenvalue weighted by atomic mass is 9.78. The minimum absolute atomic E-state index is 0.278. The van der Waals surface area contributed by atoms with Gasteiger partial charge in [0.05, 0.1) is 0 Å². The fraction of sp³-hybridized carbons (Fsp3) is 0.561. The molecule has 0 N–H and O–H groups in total. The number of benzene rings is 2. The van der Waals surface area contributed by atoms with Crippen molar-refractivity contribution in [3.63, 3.8) is 0 Å². The molecule has 0 amide bonds. The maximum Gasteiger partial charge on any atom is 0.335 e. The zero-order valence-corrected chi connectivity index (χ0v) is 34.0. The molecule has 13 heteroatoms. The van der Waals surface area contributed by atoms with E-state index in [1.807, 2.05) is 48.5 Å². The average Bonchev–Trinajstić information content (AvgIpc) is 3.04. The third-order valence-electron chi connectivity index (χ3n) is 7.68. The lowest BCUT2D eigenvalue weighted by Gasteiger charge is -2.28. The maximum absolute atomic E-state index is 11.7. The molecule has 2 rings (SSSR count). The third-order valence-corrected chi connectivity index (χ3v) is 7.68. The van der Waals surface area contributed by atoms with E-state index in [4.69, 9.17) is 52.1 Å². The summed E-state index contributed by atoms with van der Waals surface area (Å²) in [6.07, 6.45) is -6.28. The molecule has 9 unspecified atom stereocenters. The molecule has 0 saturated heterocycles. The van der Waals surface area contributed by atoms with E-state index >= 15 is 0 Å². The molecule has 2 aromatic carbocycles. The van der Waals surface area contributed by atoms with Crippen molar-refractivity contribution in [1.82, 2.24) is 0 Å². The molecule has 0 bridgehead atoms. The first-order chi connectivity index (χ1) is 25.2. The summed E-state index contributed by atoms with van der Waals surface area (Å²) in [6, 6.07) is 15.7. The molecule has 54 heavy (non-hydrogen) atoms. The van der Waals surface area contributed by atoms with Gasteiger partial charge in [-0.2, -0.15) is 0 Å². The van der Waals surface area contributed by atoms with Crippen LogP contribution in [0.4, 0.5) is 0 Å². The smallest absolute Gasteiger partial charge is 0.335 e. The van der Waals surface area contributed by atoms with Crippen LogP contribution in [0.1, 0.15) is 101 Å². The van der Waals surface area contributed by atoms with E-state index in [9.17, 15) is 9.59 Å². The van der Waals surface area contributed by atoms with Gasteiger partial charge in [0.25, 0.3) is 0 Å². The van der Waals surface area contributed by atoms with Gasteiger partial charge in [0, 0.05) is 16.6 Å². The van der Waals surface area contributed by atoms with Crippen LogP contribution in [0.2, 0.25) is 0 Å². The summed E-state index contributed by atoms with van der Waals surface area (Å²) >= 11 is 0. The maximum atomic E-state index is 11.7. The average molecular weight is 761 g/mol. The Kier molecular flexibility index (Phi) is 18.8. The number of hydrogen-bond acceptors (Lipinski definition) is 13. The van der Waals surface area contributed by atoms with Crippen molar-refractivity contribution in [2.75, 3.05) is 0 Å². The minimum Gasteiger partial charge on any atom is -0.465 e. The Morgan fingerprint density at radius 3 is 0.944 bits per heavy atom. The van der Waals surface area contributed by atoms with Gasteiger partial charge in [0.2, 0.25) is 12.6 Å². The predicted molar refractivity (Wildman–Crippen MR) is 201 cm³/mol. The van der Waals surface area contributed by atoms with Gasteiger partial charge in [-0.3, -0.25) is 0 Å². The van der Waals surface area contributed by atoms with Crippen LogP contribution in [0.3, 0.4) is 0 Å². The Labute approximate surface area is 320 Å². The summed E-state index contributed by atoms with van der Waals surface area (Å²) in [4.78, 5) is 23.3. The van der Waals surface area contributed by atoms with Gasteiger partial charge < -0.3 is 52.1 Å². The molecule has 9 atom stereocenters. The van der Waals surface area contributed by atoms with Crippen LogP contribution in [0.25, 0.3) is 0 Å². The number of ether oxygens (including phenoxy) is 11. The zero-order chi connectivity index (χ0) is 40.7. The summed E-state index contributed by atoms with van der Waals surface area (Å²) in [7, 11) is 0. The van der Waals surface area contributed by atoms with E-state index in [0.29, 0.717) is 11.5 Å². The molecule has 0 aliphatic rings. The van der Waals surface area contributed by atoms with Crippen LogP contribution >= 0.6 is 0 Å². The van der Waals surface area contributed by atoms with Crippen molar-refractivity contribution < 1.29 is 61.7 Å². The zero-order valence-electron chi connectivity index (χ0n) is 34.0. The molecular weight excluding hydrogens is 700 g/mol. The number of esters is 2. The lowest BCUT2D eigenvalue weighted by Crippen LogP contribution is -2.32. The van der Waals surface area contributed by atoms with E-state index in [-0.39, 0.29) is 16.6 Å². The van der Waals surface area contributed by atoms with Crippen LogP contribution in [0.15, 0.2) is 72.8 Å². The Bertz CT molecular complexity index is 1470. The largest absolute Gasteiger partial charge is 0.465 e. The summed E-state index contributed by atoms with van der Waals surface area (Å²) in [6.45, 7) is 29.8. The molecule has 13 nitrogen and oxygen atoms in total. The normalized spacial score (nSPS) is 16.8. The van der Waals surface area contributed by atoms with Gasteiger partial charge in [0.1, 0.15) is 11.5 Å². The van der Waals surface area contributed by atoms with Gasteiger partial charge in [0.15, 0.2) is 44.0 Å². The Balaban J connectivity index is 1.82. The summed E-state index contributed by atoms with van der Waals surface area (Å²) in [5.41, 5.74) is 2.41. The van der Waals surface area contributed by atoms with Gasteiger partial charge >= 0.3 is 11.9 Å². The van der Waals surface area contributed by atoms with E-state index in [0.717, 1.165) is 11.1 Å². The first-order valence-electron chi connectivity index (χ1n) is 18.0. The van der Waals surface area contributed by atoms with E-state index in [1.165, 1.54) is 0 Å². The van der Waals surface area contributed by atoms with E-state index in [2.05, 4.69) is 27.0 Å². The number of rotatable bonds is 24. The fourth-order valence-electron chi connectivity index (χ4n) is 5.11. The molecule has 0 aliphatic carbocycles. The van der Waals surface area contributed by atoms with E-state index in [1.54, 1.807) is 76.2 Å². The molecule has 2 aromatic rings. The molecule has 0 aromatic heterocycles. The van der Waals surface area contributed by atoms with Crippen LogP contribution in [0.5, 0.6) is 11.5 Å². The van der Waals surface area contributed by atoms with Gasteiger partial charge in [-0.05, 0) is 112 Å². The second kappa shape index (κ2) is 21.9. The summed E-state index contributed by atoms with van der Waals surface area (Å²) < 4.78 is 62.0. The standard InChI is InChI=1S/C41H60O13/c1-24(2)39(42)53-33(12)49-29(8)45-26(5)44-27(6)47-31(10)51-37-20-16-35(17-21-37)41(14,15)36-18-22-38(23-19-36)52-32(11)48-28(7)46-30(9)50-34(13)54-40(43)25(3)4/h16-23,26-34H,1,3H2,2,4-15H3. The fourth-order valence-corrected chi connectivity index (χ4v) is 5.11.